The van der Waals surface area contributed by atoms with Crippen LogP contribution in [0.5, 0.6) is 11.5 Å². The normalized spacial score (nSPS) is 18.7. The van der Waals surface area contributed by atoms with Crippen molar-refractivity contribution < 1.29 is 9.84 Å². The molecule has 2 aromatic heterocycles. The number of hydrogen-bond donors (Lipinski definition) is 3. The van der Waals surface area contributed by atoms with Gasteiger partial charge in [0.1, 0.15) is 11.3 Å². The fourth-order valence-electron chi connectivity index (χ4n) is 3.93. The number of aromatic nitrogens is 2. The highest BCUT2D eigenvalue weighted by Gasteiger charge is 2.27. The molecule has 0 aliphatic carbocycles. The molecule has 7 heteroatoms. The van der Waals surface area contributed by atoms with Crippen molar-refractivity contribution in [3.05, 3.63) is 78.5 Å². The number of ether oxygens (including phenoxy) is 1. The summed E-state index contributed by atoms with van der Waals surface area (Å²) in [6.45, 7) is 0.780. The van der Waals surface area contributed by atoms with Gasteiger partial charge in [0.05, 0.1) is 13.2 Å². The molecule has 1 aliphatic rings. The zero-order valence-corrected chi connectivity index (χ0v) is 17.1. The van der Waals surface area contributed by atoms with Gasteiger partial charge in [0.2, 0.25) is 0 Å². The van der Waals surface area contributed by atoms with Gasteiger partial charge in [0.25, 0.3) is 0 Å². The summed E-state index contributed by atoms with van der Waals surface area (Å²) in [5.74, 6) is 1.41. The minimum atomic E-state index is 0.0915. The summed E-state index contributed by atoms with van der Waals surface area (Å²) < 4.78 is 7.26. The number of aliphatic imine (C=N–C) groups is 1. The quantitative estimate of drug-likeness (QED) is 0.433. The number of pyridine rings is 1. The average molecular weight is 413 g/mol. The van der Waals surface area contributed by atoms with Crippen molar-refractivity contribution in [3.8, 4) is 22.8 Å². The van der Waals surface area contributed by atoms with Crippen LogP contribution in [0.3, 0.4) is 0 Å². The van der Waals surface area contributed by atoms with Gasteiger partial charge in [0, 0.05) is 30.4 Å². The highest BCUT2D eigenvalue weighted by molar-refractivity contribution is 5.79. The van der Waals surface area contributed by atoms with Crippen molar-refractivity contribution in [2.75, 3.05) is 13.7 Å². The van der Waals surface area contributed by atoms with E-state index in [1.807, 2.05) is 59.3 Å². The molecule has 0 spiro atoms. The number of methoxy groups -OCH3 is 1. The summed E-state index contributed by atoms with van der Waals surface area (Å²) in [7, 11) is 1.53. The van der Waals surface area contributed by atoms with Gasteiger partial charge in [-0.15, -0.1) is 0 Å². The van der Waals surface area contributed by atoms with Crippen molar-refractivity contribution in [2.45, 2.75) is 6.04 Å². The SMILES string of the molecule is COc1cc(-c2nc3ccccn3c2/N=C/C2CNNC2c2ccccc2)ccc1O. The molecule has 3 heterocycles. The molecule has 5 rings (SSSR count). The van der Waals surface area contributed by atoms with E-state index in [-0.39, 0.29) is 17.7 Å². The predicted octanol–water partition coefficient (Wildman–Crippen LogP) is 3.88. The van der Waals surface area contributed by atoms with Crippen LogP contribution in [0.15, 0.2) is 77.9 Å². The van der Waals surface area contributed by atoms with Crippen molar-refractivity contribution in [2.24, 2.45) is 10.9 Å². The third-order valence-corrected chi connectivity index (χ3v) is 5.53. The molecule has 2 atom stereocenters. The first kappa shape index (κ1) is 19.3. The van der Waals surface area contributed by atoms with Crippen LogP contribution in [0.25, 0.3) is 16.9 Å². The van der Waals surface area contributed by atoms with Crippen LogP contribution < -0.4 is 15.6 Å². The molecule has 0 saturated carbocycles. The number of fused-ring (bicyclic) bond motifs is 1. The lowest BCUT2D eigenvalue weighted by Crippen LogP contribution is -2.25. The molecule has 3 N–H and O–H groups in total. The van der Waals surface area contributed by atoms with Gasteiger partial charge in [-0.1, -0.05) is 36.4 Å². The molecule has 31 heavy (non-hydrogen) atoms. The molecule has 0 bridgehead atoms. The number of aromatic hydroxyl groups is 1. The number of nitrogens with one attached hydrogen (secondary N) is 2. The molecule has 4 aromatic rings. The second-order valence-electron chi connectivity index (χ2n) is 7.46. The summed E-state index contributed by atoms with van der Waals surface area (Å²) in [4.78, 5) is 9.69. The van der Waals surface area contributed by atoms with Crippen LogP contribution in [-0.4, -0.2) is 34.4 Å². The average Bonchev–Trinajstić information content (AvgIpc) is 3.43. The van der Waals surface area contributed by atoms with Crippen LogP contribution in [0.1, 0.15) is 11.6 Å². The zero-order chi connectivity index (χ0) is 21.2. The highest BCUT2D eigenvalue weighted by atomic mass is 16.5. The van der Waals surface area contributed by atoms with Crippen molar-refractivity contribution in [3.63, 3.8) is 0 Å². The predicted molar refractivity (Wildman–Crippen MR) is 121 cm³/mol. The fraction of sp³-hybridized carbons (Fsp3) is 0.167. The maximum atomic E-state index is 9.98. The second-order valence-corrected chi connectivity index (χ2v) is 7.46. The van der Waals surface area contributed by atoms with Crippen molar-refractivity contribution in [1.29, 1.82) is 0 Å². The number of hydrogen-bond acceptors (Lipinski definition) is 6. The highest BCUT2D eigenvalue weighted by Crippen LogP contribution is 2.36. The van der Waals surface area contributed by atoms with Gasteiger partial charge in [-0.05, 0) is 35.9 Å². The first-order valence-corrected chi connectivity index (χ1v) is 10.2. The Bertz CT molecular complexity index is 1240. The lowest BCUT2D eigenvalue weighted by Gasteiger charge is -2.15. The maximum Gasteiger partial charge on any atom is 0.164 e. The molecule has 2 aromatic carbocycles. The lowest BCUT2D eigenvalue weighted by atomic mass is 9.96. The molecule has 1 aliphatic heterocycles. The molecule has 0 amide bonds. The summed E-state index contributed by atoms with van der Waals surface area (Å²) in [6, 6.07) is 21.6. The van der Waals surface area contributed by atoms with E-state index in [0.29, 0.717) is 5.75 Å². The summed E-state index contributed by atoms with van der Waals surface area (Å²) in [5.41, 5.74) is 10.2. The van der Waals surface area contributed by atoms with E-state index in [4.69, 9.17) is 14.7 Å². The number of imidazole rings is 1. The van der Waals surface area contributed by atoms with E-state index < -0.39 is 0 Å². The van der Waals surface area contributed by atoms with Gasteiger partial charge < -0.3 is 9.84 Å². The molecule has 0 radical (unpaired) electrons. The van der Waals surface area contributed by atoms with E-state index in [1.54, 1.807) is 12.1 Å². The number of benzene rings is 2. The number of nitrogens with zero attached hydrogens (tertiary/aromatic N) is 3. The second kappa shape index (κ2) is 8.22. The monoisotopic (exact) mass is 413 g/mol. The third-order valence-electron chi connectivity index (χ3n) is 5.53. The van der Waals surface area contributed by atoms with E-state index >= 15 is 0 Å². The van der Waals surface area contributed by atoms with E-state index in [0.717, 1.165) is 29.3 Å². The molecular formula is C24H23N5O2. The minimum absolute atomic E-state index is 0.0915. The van der Waals surface area contributed by atoms with Gasteiger partial charge >= 0.3 is 0 Å². The van der Waals surface area contributed by atoms with Crippen molar-refractivity contribution >= 4 is 17.7 Å². The number of phenolic OH excluding ortho intramolecular Hbond substituents is 1. The Labute approximate surface area is 180 Å². The van der Waals surface area contributed by atoms with E-state index in [1.165, 1.54) is 12.7 Å². The Balaban J connectivity index is 1.56. The van der Waals surface area contributed by atoms with Crippen LogP contribution in [0, 0.1) is 5.92 Å². The van der Waals surface area contributed by atoms with Crippen LogP contribution in [0.4, 0.5) is 5.82 Å². The van der Waals surface area contributed by atoms with Gasteiger partial charge in [0.15, 0.2) is 17.3 Å². The van der Waals surface area contributed by atoms with Crippen LogP contribution >= 0.6 is 0 Å². The van der Waals surface area contributed by atoms with E-state index in [2.05, 4.69) is 23.0 Å². The molecule has 7 nitrogen and oxygen atoms in total. The summed E-state index contributed by atoms with van der Waals surface area (Å²) in [6.07, 6.45) is 3.94. The molecule has 2 unspecified atom stereocenters. The largest absolute Gasteiger partial charge is 0.504 e. The summed E-state index contributed by atoms with van der Waals surface area (Å²) in [5, 5.41) is 9.98. The van der Waals surface area contributed by atoms with Crippen molar-refractivity contribution in [1.82, 2.24) is 20.2 Å². The molecular weight excluding hydrogens is 390 g/mol. The number of rotatable bonds is 5. The number of phenols is 1. The standard InChI is InChI=1S/C24H23N5O2/c1-31-20-13-17(10-11-19(20)30)23-24(29-12-6-5-9-21(29)27-23)25-14-18-15-26-28-22(18)16-7-3-2-4-8-16/h2-14,18,22,26,28,30H,15H2,1H3/b25-14+. The Morgan fingerprint density at radius 1 is 1.13 bits per heavy atom. The maximum absolute atomic E-state index is 9.98. The Morgan fingerprint density at radius 3 is 2.81 bits per heavy atom. The topological polar surface area (TPSA) is 83.2 Å². The van der Waals surface area contributed by atoms with Gasteiger partial charge in [-0.3, -0.25) is 9.83 Å². The number of hydrazine groups is 1. The Hall–Kier alpha value is -3.68. The fourth-order valence-corrected chi connectivity index (χ4v) is 3.93. The first-order chi connectivity index (χ1) is 15.2. The first-order valence-electron chi connectivity index (χ1n) is 10.2. The van der Waals surface area contributed by atoms with Crippen LogP contribution in [0.2, 0.25) is 0 Å². The smallest absolute Gasteiger partial charge is 0.164 e. The lowest BCUT2D eigenvalue weighted by molar-refractivity contribution is 0.373. The van der Waals surface area contributed by atoms with E-state index in [9.17, 15) is 5.11 Å². The zero-order valence-electron chi connectivity index (χ0n) is 17.1. The Morgan fingerprint density at radius 2 is 1.97 bits per heavy atom. The van der Waals surface area contributed by atoms with Gasteiger partial charge in [-0.25, -0.2) is 15.4 Å². The van der Waals surface area contributed by atoms with Gasteiger partial charge in [-0.2, -0.15) is 0 Å². The molecule has 156 valence electrons. The van der Waals surface area contributed by atoms with Crippen LogP contribution in [-0.2, 0) is 0 Å². The molecule has 1 saturated heterocycles. The molecule has 1 fully saturated rings. The Kier molecular flexibility index (Phi) is 5.11. The third kappa shape index (κ3) is 3.65. The minimum Gasteiger partial charge on any atom is -0.504 e. The summed E-state index contributed by atoms with van der Waals surface area (Å²) >= 11 is 0.